The highest BCUT2D eigenvalue weighted by atomic mass is 35.5. The fraction of sp³-hybridized carbons (Fsp3) is 0.182. The Hall–Kier alpha value is -0.990. The number of hydrogen-bond acceptors (Lipinski definition) is 1. The van der Waals surface area contributed by atoms with Crippen LogP contribution in [-0.4, -0.2) is 5.91 Å². The van der Waals surface area contributed by atoms with Crippen LogP contribution in [0.15, 0.2) is 29.8 Å². The van der Waals surface area contributed by atoms with E-state index in [2.05, 4.69) is 5.32 Å². The number of carbonyl (C=O) groups is 1. The van der Waals surface area contributed by atoms with Gasteiger partial charge in [0.1, 0.15) is 0 Å². The molecule has 0 unspecified atom stereocenters. The predicted molar refractivity (Wildman–Crippen MR) is 64.5 cm³/mol. The van der Waals surface area contributed by atoms with E-state index in [4.69, 9.17) is 23.2 Å². The molecule has 1 N–H and O–H groups in total. The third-order valence-electron chi connectivity index (χ3n) is 1.97. The maximum Gasteiger partial charge on any atom is 0.250 e. The van der Waals surface area contributed by atoms with Gasteiger partial charge in [-0.15, -0.1) is 0 Å². The molecule has 0 saturated carbocycles. The second-order valence-corrected chi connectivity index (χ2v) is 3.87. The van der Waals surface area contributed by atoms with Crippen molar-refractivity contribution in [3.8, 4) is 0 Å². The number of halogens is 2. The molecule has 0 heterocycles. The summed E-state index contributed by atoms with van der Waals surface area (Å²) in [6, 6.07) is 4.96. The van der Waals surface area contributed by atoms with Crippen molar-refractivity contribution in [2.75, 3.05) is 5.32 Å². The molecule has 0 fully saturated rings. The van der Waals surface area contributed by atoms with E-state index in [0.29, 0.717) is 21.3 Å². The SMILES string of the molecule is C/C=C(\C)C(=O)Nc1ccc(Cl)c(Cl)c1. The third kappa shape index (κ3) is 3.26. The van der Waals surface area contributed by atoms with Crippen LogP contribution in [0.3, 0.4) is 0 Å². The van der Waals surface area contributed by atoms with Gasteiger partial charge in [-0.1, -0.05) is 29.3 Å². The summed E-state index contributed by atoms with van der Waals surface area (Å²) < 4.78 is 0. The maximum absolute atomic E-state index is 11.5. The Balaban J connectivity index is 2.82. The highest BCUT2D eigenvalue weighted by molar-refractivity contribution is 6.42. The number of hydrogen-bond donors (Lipinski definition) is 1. The molecule has 0 saturated heterocycles. The Morgan fingerprint density at radius 2 is 2.00 bits per heavy atom. The molecule has 1 aromatic rings. The molecule has 4 heteroatoms. The van der Waals surface area contributed by atoms with Gasteiger partial charge < -0.3 is 5.32 Å². The van der Waals surface area contributed by atoms with E-state index in [9.17, 15) is 4.79 Å². The Kier molecular flexibility index (Phi) is 4.18. The Labute approximate surface area is 98.9 Å². The lowest BCUT2D eigenvalue weighted by Crippen LogP contribution is -2.12. The highest BCUT2D eigenvalue weighted by Crippen LogP contribution is 2.25. The molecule has 0 aliphatic carbocycles. The maximum atomic E-state index is 11.5. The van der Waals surface area contributed by atoms with Crippen LogP contribution < -0.4 is 5.32 Å². The molecule has 1 rings (SSSR count). The molecule has 0 aromatic heterocycles. The summed E-state index contributed by atoms with van der Waals surface area (Å²) in [4.78, 5) is 11.5. The van der Waals surface area contributed by atoms with Gasteiger partial charge in [-0.3, -0.25) is 4.79 Å². The lowest BCUT2D eigenvalue weighted by molar-refractivity contribution is -0.112. The standard InChI is InChI=1S/C11H11Cl2NO/c1-3-7(2)11(15)14-8-4-5-9(12)10(13)6-8/h3-6H,1-2H3,(H,14,15)/b7-3+. The van der Waals surface area contributed by atoms with Crippen LogP contribution in [0.1, 0.15) is 13.8 Å². The van der Waals surface area contributed by atoms with Crippen molar-refractivity contribution in [2.24, 2.45) is 0 Å². The first-order chi connectivity index (χ1) is 7.04. The molecule has 80 valence electrons. The first kappa shape index (κ1) is 12.1. The summed E-state index contributed by atoms with van der Waals surface area (Å²) in [6.45, 7) is 3.55. The average Bonchev–Trinajstić information content (AvgIpc) is 2.22. The number of rotatable bonds is 2. The van der Waals surface area contributed by atoms with E-state index < -0.39 is 0 Å². The number of nitrogens with one attached hydrogen (secondary N) is 1. The molecule has 0 spiro atoms. The topological polar surface area (TPSA) is 29.1 Å². The van der Waals surface area contributed by atoms with Crippen LogP contribution in [0.25, 0.3) is 0 Å². The fourth-order valence-electron chi connectivity index (χ4n) is 0.935. The molecule has 0 bridgehead atoms. The molecule has 15 heavy (non-hydrogen) atoms. The minimum atomic E-state index is -0.143. The zero-order chi connectivity index (χ0) is 11.4. The van der Waals surface area contributed by atoms with Crippen LogP contribution in [-0.2, 0) is 4.79 Å². The van der Waals surface area contributed by atoms with Gasteiger partial charge in [-0.05, 0) is 32.0 Å². The minimum absolute atomic E-state index is 0.143. The number of carbonyl (C=O) groups excluding carboxylic acids is 1. The number of allylic oxidation sites excluding steroid dienone is 1. The largest absolute Gasteiger partial charge is 0.322 e. The van der Waals surface area contributed by atoms with Crippen molar-refractivity contribution in [2.45, 2.75) is 13.8 Å². The van der Waals surface area contributed by atoms with Crippen molar-refractivity contribution in [3.05, 3.63) is 39.9 Å². The van der Waals surface area contributed by atoms with Crippen molar-refractivity contribution < 1.29 is 4.79 Å². The number of benzene rings is 1. The molecule has 1 aromatic carbocycles. The molecule has 2 nitrogen and oxygen atoms in total. The van der Waals surface area contributed by atoms with Crippen molar-refractivity contribution in [1.29, 1.82) is 0 Å². The summed E-state index contributed by atoms with van der Waals surface area (Å²) >= 11 is 11.6. The molecular weight excluding hydrogens is 233 g/mol. The summed E-state index contributed by atoms with van der Waals surface area (Å²) in [5, 5.41) is 3.60. The second-order valence-electron chi connectivity index (χ2n) is 3.05. The van der Waals surface area contributed by atoms with Crippen molar-refractivity contribution in [1.82, 2.24) is 0 Å². The minimum Gasteiger partial charge on any atom is -0.322 e. The molecule has 0 aliphatic rings. The van der Waals surface area contributed by atoms with Crippen LogP contribution >= 0.6 is 23.2 Å². The zero-order valence-electron chi connectivity index (χ0n) is 8.47. The predicted octanol–water partition coefficient (Wildman–Crippen LogP) is 3.90. The zero-order valence-corrected chi connectivity index (χ0v) is 9.99. The smallest absolute Gasteiger partial charge is 0.250 e. The first-order valence-corrected chi connectivity index (χ1v) is 5.19. The Morgan fingerprint density at radius 1 is 1.33 bits per heavy atom. The van der Waals surface area contributed by atoms with E-state index in [1.54, 1.807) is 31.2 Å². The van der Waals surface area contributed by atoms with E-state index >= 15 is 0 Å². The van der Waals surface area contributed by atoms with Gasteiger partial charge in [0.25, 0.3) is 5.91 Å². The Bertz CT molecular complexity index is 413. The van der Waals surface area contributed by atoms with Gasteiger partial charge in [0.15, 0.2) is 0 Å². The second kappa shape index (κ2) is 5.19. The normalized spacial score (nSPS) is 11.3. The molecule has 0 atom stereocenters. The monoisotopic (exact) mass is 243 g/mol. The lowest BCUT2D eigenvalue weighted by Gasteiger charge is -2.05. The average molecular weight is 244 g/mol. The van der Waals surface area contributed by atoms with Crippen LogP contribution in [0.2, 0.25) is 10.0 Å². The number of amides is 1. The summed E-state index contributed by atoms with van der Waals surface area (Å²) in [5.41, 5.74) is 1.29. The van der Waals surface area contributed by atoms with Gasteiger partial charge in [0, 0.05) is 11.3 Å². The molecule has 0 aliphatic heterocycles. The van der Waals surface area contributed by atoms with Crippen molar-refractivity contribution >= 4 is 34.8 Å². The van der Waals surface area contributed by atoms with E-state index in [0.717, 1.165) is 0 Å². The van der Waals surface area contributed by atoms with Crippen LogP contribution in [0, 0.1) is 0 Å². The van der Waals surface area contributed by atoms with Crippen molar-refractivity contribution in [3.63, 3.8) is 0 Å². The van der Waals surface area contributed by atoms with E-state index in [-0.39, 0.29) is 5.91 Å². The quantitative estimate of drug-likeness (QED) is 0.785. The first-order valence-electron chi connectivity index (χ1n) is 4.44. The van der Waals surface area contributed by atoms with Gasteiger partial charge in [0.05, 0.1) is 10.0 Å². The van der Waals surface area contributed by atoms with Gasteiger partial charge in [-0.25, -0.2) is 0 Å². The third-order valence-corrected chi connectivity index (χ3v) is 2.71. The summed E-state index contributed by atoms with van der Waals surface area (Å²) in [6.07, 6.45) is 1.74. The fourth-order valence-corrected chi connectivity index (χ4v) is 1.23. The molecule has 1 amide bonds. The van der Waals surface area contributed by atoms with Crippen LogP contribution in [0.4, 0.5) is 5.69 Å². The molecular formula is C11H11Cl2NO. The van der Waals surface area contributed by atoms with Crippen LogP contribution in [0.5, 0.6) is 0 Å². The van der Waals surface area contributed by atoms with Gasteiger partial charge in [-0.2, -0.15) is 0 Å². The highest BCUT2D eigenvalue weighted by Gasteiger charge is 2.05. The molecule has 0 radical (unpaired) electrons. The van der Waals surface area contributed by atoms with Gasteiger partial charge >= 0.3 is 0 Å². The lowest BCUT2D eigenvalue weighted by atomic mass is 10.2. The van der Waals surface area contributed by atoms with E-state index in [1.807, 2.05) is 6.92 Å². The Morgan fingerprint density at radius 3 is 2.53 bits per heavy atom. The number of anilines is 1. The van der Waals surface area contributed by atoms with E-state index in [1.165, 1.54) is 0 Å². The summed E-state index contributed by atoms with van der Waals surface area (Å²) in [5.74, 6) is -0.143. The van der Waals surface area contributed by atoms with Gasteiger partial charge in [0.2, 0.25) is 0 Å². The summed E-state index contributed by atoms with van der Waals surface area (Å²) in [7, 11) is 0.